The monoisotopic (exact) mass is 205 g/mol. The molecule has 0 N–H and O–H groups in total. The van der Waals surface area contributed by atoms with E-state index >= 15 is 0 Å². The average molecular weight is 205 g/mol. The molecule has 15 heavy (non-hydrogen) atoms. The second-order valence-corrected chi connectivity index (χ2v) is 3.60. The van der Waals surface area contributed by atoms with Gasteiger partial charge < -0.3 is 9.64 Å². The minimum absolute atomic E-state index is 0.211. The molecule has 1 rings (SSSR count). The van der Waals surface area contributed by atoms with E-state index in [0.29, 0.717) is 0 Å². The van der Waals surface area contributed by atoms with Crippen molar-refractivity contribution >= 4 is 0 Å². The summed E-state index contributed by atoms with van der Waals surface area (Å²) >= 11 is 0. The van der Waals surface area contributed by atoms with Gasteiger partial charge in [0.05, 0.1) is 6.54 Å². The molecule has 0 saturated heterocycles. The lowest BCUT2D eigenvalue weighted by Crippen LogP contribution is -2.34. The third kappa shape index (κ3) is 3.66. The van der Waals surface area contributed by atoms with Crippen molar-refractivity contribution in [3.05, 3.63) is 49.9 Å². The number of hydrogen-bond acceptors (Lipinski definition) is 2. The molecule has 1 atom stereocenters. The van der Waals surface area contributed by atoms with Gasteiger partial charge in [-0.15, -0.1) is 19.7 Å². The van der Waals surface area contributed by atoms with E-state index in [1.807, 2.05) is 24.4 Å². The molecule has 0 saturated carbocycles. The van der Waals surface area contributed by atoms with Crippen LogP contribution >= 0.6 is 0 Å². The Morgan fingerprint density at radius 1 is 1.33 bits per heavy atom. The molecule has 1 aliphatic rings. The number of ether oxygens (including phenoxy) is 1. The van der Waals surface area contributed by atoms with Crippen molar-refractivity contribution in [2.45, 2.75) is 18.9 Å². The van der Waals surface area contributed by atoms with Gasteiger partial charge >= 0.3 is 0 Å². The highest BCUT2D eigenvalue weighted by molar-refractivity contribution is 5.04. The van der Waals surface area contributed by atoms with Crippen LogP contribution in [0.2, 0.25) is 0 Å². The van der Waals surface area contributed by atoms with Gasteiger partial charge in [0.25, 0.3) is 0 Å². The first-order valence-electron chi connectivity index (χ1n) is 5.24. The van der Waals surface area contributed by atoms with Gasteiger partial charge in [0.1, 0.15) is 11.9 Å². The first kappa shape index (κ1) is 11.6. The van der Waals surface area contributed by atoms with Crippen molar-refractivity contribution in [1.82, 2.24) is 4.90 Å². The average Bonchev–Trinajstić information content (AvgIpc) is 2.19. The van der Waals surface area contributed by atoms with Crippen LogP contribution in [0.5, 0.6) is 0 Å². The maximum Gasteiger partial charge on any atom is 0.119 e. The predicted octanol–water partition coefficient (Wildman–Crippen LogP) is 2.87. The molecule has 0 aromatic carbocycles. The quantitative estimate of drug-likeness (QED) is 0.618. The van der Waals surface area contributed by atoms with Gasteiger partial charge in [0, 0.05) is 25.6 Å². The Morgan fingerprint density at radius 3 is 2.73 bits per heavy atom. The summed E-state index contributed by atoms with van der Waals surface area (Å²) in [5.74, 6) is 0.977. The Morgan fingerprint density at radius 2 is 2.13 bits per heavy atom. The highest BCUT2D eigenvalue weighted by atomic mass is 16.5. The van der Waals surface area contributed by atoms with Gasteiger partial charge in [-0.3, -0.25) is 0 Å². The van der Waals surface area contributed by atoms with Crippen molar-refractivity contribution < 1.29 is 4.74 Å². The van der Waals surface area contributed by atoms with Crippen molar-refractivity contribution in [3.8, 4) is 0 Å². The molecule has 0 radical (unpaired) electrons. The number of allylic oxidation sites excluding steroid dienone is 1. The minimum atomic E-state index is 0.211. The summed E-state index contributed by atoms with van der Waals surface area (Å²) in [6, 6.07) is 0. The summed E-state index contributed by atoms with van der Waals surface area (Å²) in [6.07, 6.45) is 9.56. The van der Waals surface area contributed by atoms with Crippen LogP contribution in [-0.4, -0.2) is 24.1 Å². The molecule has 0 fully saturated rings. The molecular weight excluding hydrogens is 186 g/mol. The molecule has 0 aromatic heterocycles. The summed E-state index contributed by atoms with van der Waals surface area (Å²) < 4.78 is 5.79. The highest BCUT2D eigenvalue weighted by Crippen LogP contribution is 2.18. The van der Waals surface area contributed by atoms with Gasteiger partial charge in [-0.2, -0.15) is 0 Å². The Labute approximate surface area is 92.2 Å². The van der Waals surface area contributed by atoms with E-state index in [-0.39, 0.29) is 6.10 Å². The molecular formula is C13H19NO. The predicted molar refractivity (Wildman–Crippen MR) is 64.4 cm³/mol. The first-order valence-corrected chi connectivity index (χ1v) is 5.24. The van der Waals surface area contributed by atoms with Crippen LogP contribution in [0.1, 0.15) is 12.8 Å². The summed E-state index contributed by atoms with van der Waals surface area (Å²) in [4.78, 5) is 2.21. The summed E-state index contributed by atoms with van der Waals surface area (Å²) in [5, 5.41) is 0. The zero-order valence-electron chi connectivity index (χ0n) is 9.19. The molecule has 0 bridgehead atoms. The summed E-state index contributed by atoms with van der Waals surface area (Å²) in [7, 11) is 0. The van der Waals surface area contributed by atoms with Gasteiger partial charge in [-0.25, -0.2) is 0 Å². The van der Waals surface area contributed by atoms with Gasteiger partial charge in [0.2, 0.25) is 0 Å². The van der Waals surface area contributed by atoms with Crippen LogP contribution in [0.25, 0.3) is 0 Å². The van der Waals surface area contributed by atoms with Crippen molar-refractivity contribution in [3.63, 3.8) is 0 Å². The third-order valence-corrected chi connectivity index (χ3v) is 2.22. The van der Waals surface area contributed by atoms with E-state index in [1.54, 1.807) is 0 Å². The molecule has 1 heterocycles. The van der Waals surface area contributed by atoms with Crippen LogP contribution in [0, 0.1) is 0 Å². The van der Waals surface area contributed by atoms with Crippen LogP contribution < -0.4 is 0 Å². The smallest absolute Gasteiger partial charge is 0.119 e. The van der Waals surface area contributed by atoms with E-state index in [9.17, 15) is 0 Å². The zero-order chi connectivity index (χ0) is 11.1. The van der Waals surface area contributed by atoms with Crippen molar-refractivity contribution in [1.29, 1.82) is 0 Å². The normalized spacial score (nSPS) is 20.1. The fraction of sp³-hybridized carbons (Fsp3) is 0.385. The standard InChI is InChI=1S/C13H19NO/c1-4-7-12-10-14(9-6-3)11-13(15-12)8-5-2/h4-6,10,13H,1-3,7-9,11H2. The molecule has 82 valence electrons. The molecule has 2 heteroatoms. The molecule has 0 aromatic rings. The number of nitrogens with zero attached hydrogens (tertiary/aromatic N) is 1. The Kier molecular flexibility index (Phi) is 4.75. The lowest BCUT2D eigenvalue weighted by Gasteiger charge is -2.32. The van der Waals surface area contributed by atoms with Crippen molar-refractivity contribution in [2.24, 2.45) is 0 Å². The Bertz CT molecular complexity index is 268. The molecule has 1 unspecified atom stereocenters. The highest BCUT2D eigenvalue weighted by Gasteiger charge is 2.18. The third-order valence-electron chi connectivity index (χ3n) is 2.22. The number of hydrogen-bond donors (Lipinski definition) is 0. The summed E-state index contributed by atoms with van der Waals surface area (Å²) in [5.41, 5.74) is 0. The van der Waals surface area contributed by atoms with E-state index in [1.165, 1.54) is 0 Å². The van der Waals surface area contributed by atoms with E-state index in [0.717, 1.165) is 31.7 Å². The lowest BCUT2D eigenvalue weighted by atomic mass is 10.2. The minimum Gasteiger partial charge on any atom is -0.491 e. The van der Waals surface area contributed by atoms with Crippen LogP contribution in [0.15, 0.2) is 49.9 Å². The fourth-order valence-corrected chi connectivity index (χ4v) is 1.64. The fourth-order valence-electron chi connectivity index (χ4n) is 1.64. The topological polar surface area (TPSA) is 12.5 Å². The second-order valence-electron chi connectivity index (χ2n) is 3.60. The molecule has 2 nitrogen and oxygen atoms in total. The molecule has 1 aliphatic heterocycles. The van der Waals surface area contributed by atoms with Crippen LogP contribution in [0.3, 0.4) is 0 Å². The van der Waals surface area contributed by atoms with Crippen LogP contribution in [0.4, 0.5) is 0 Å². The van der Waals surface area contributed by atoms with E-state index in [4.69, 9.17) is 4.74 Å². The van der Waals surface area contributed by atoms with Gasteiger partial charge in [-0.05, 0) is 0 Å². The van der Waals surface area contributed by atoms with Gasteiger partial charge in [-0.1, -0.05) is 18.2 Å². The maximum absolute atomic E-state index is 5.79. The molecule has 0 spiro atoms. The van der Waals surface area contributed by atoms with Crippen LogP contribution in [-0.2, 0) is 4.74 Å². The SMILES string of the molecule is C=CCC1=CN(CC=C)CC(CC=C)O1. The molecule has 0 amide bonds. The maximum atomic E-state index is 5.79. The number of rotatable bonds is 6. The first-order chi connectivity index (χ1) is 7.30. The Balaban J connectivity index is 2.64. The van der Waals surface area contributed by atoms with Gasteiger partial charge in [0.15, 0.2) is 0 Å². The van der Waals surface area contributed by atoms with E-state index < -0.39 is 0 Å². The second kappa shape index (κ2) is 6.12. The summed E-state index contributed by atoms with van der Waals surface area (Å²) in [6.45, 7) is 13.0. The Hall–Kier alpha value is -1.44. The van der Waals surface area contributed by atoms with Crippen molar-refractivity contribution in [2.75, 3.05) is 13.1 Å². The zero-order valence-corrected chi connectivity index (χ0v) is 9.19. The largest absolute Gasteiger partial charge is 0.491 e. The van der Waals surface area contributed by atoms with E-state index in [2.05, 4.69) is 24.6 Å². The lowest BCUT2D eigenvalue weighted by molar-refractivity contribution is 0.0628. The molecule has 0 aliphatic carbocycles.